The largest absolute Gasteiger partial charge is 0.350 e. The Balaban J connectivity index is 1.75. The van der Waals surface area contributed by atoms with E-state index in [0.717, 1.165) is 9.87 Å². The van der Waals surface area contributed by atoms with Gasteiger partial charge in [-0.1, -0.05) is 42.5 Å². The Kier molecular flexibility index (Phi) is 7.45. The minimum Gasteiger partial charge on any atom is -0.350 e. The van der Waals surface area contributed by atoms with E-state index >= 15 is 0 Å². The molecule has 1 N–H and O–H groups in total. The van der Waals surface area contributed by atoms with Crippen LogP contribution in [0.1, 0.15) is 50.0 Å². The summed E-state index contributed by atoms with van der Waals surface area (Å²) >= 11 is 0. The van der Waals surface area contributed by atoms with Crippen LogP contribution in [0.2, 0.25) is 0 Å². The molecule has 0 aliphatic carbocycles. The van der Waals surface area contributed by atoms with Crippen molar-refractivity contribution in [2.75, 3.05) is 13.1 Å². The number of nitrogens with one attached hydrogen (secondary N) is 1. The number of hydrogen-bond acceptors (Lipinski definition) is 5. The molecule has 9 heteroatoms. The van der Waals surface area contributed by atoms with Gasteiger partial charge in [0.25, 0.3) is 15.9 Å². The second kappa shape index (κ2) is 9.97. The second-order valence-corrected chi connectivity index (χ2v) is 11.2. The molecule has 1 heterocycles. The highest BCUT2D eigenvalue weighted by Crippen LogP contribution is 2.30. The highest BCUT2D eigenvalue weighted by Gasteiger charge is 2.41. The molecule has 0 saturated carbocycles. The zero-order valence-electron chi connectivity index (χ0n) is 19.9. The Morgan fingerprint density at radius 1 is 1.03 bits per heavy atom. The molecule has 1 aliphatic heterocycles. The molecule has 1 unspecified atom stereocenters. The molecule has 3 amide bonds. The van der Waals surface area contributed by atoms with E-state index in [1.807, 2.05) is 51.1 Å². The van der Waals surface area contributed by atoms with E-state index in [2.05, 4.69) is 5.32 Å². The van der Waals surface area contributed by atoms with Gasteiger partial charge in [0, 0.05) is 25.0 Å². The summed E-state index contributed by atoms with van der Waals surface area (Å²) in [4.78, 5) is 40.1. The lowest BCUT2D eigenvalue weighted by atomic mass is 10.1. The first kappa shape index (κ1) is 25.4. The van der Waals surface area contributed by atoms with Crippen LogP contribution < -0.4 is 5.32 Å². The number of hydrogen-bond donors (Lipinski definition) is 1. The minimum atomic E-state index is -4.00. The summed E-state index contributed by atoms with van der Waals surface area (Å²) in [6.07, 6.45) is 0.312. The van der Waals surface area contributed by atoms with Gasteiger partial charge in [-0.2, -0.15) is 0 Å². The molecule has 1 aliphatic rings. The predicted octanol–water partition coefficient (Wildman–Crippen LogP) is 2.60. The standard InChI is InChI=1S/C25H31N3O5S/c1-18(23(30)26-25(2,3)4)27(16-14-19-10-6-5-7-11-19)22(29)15-17-28-24(31)20-12-8-9-13-21(20)34(28,32)33/h5-13,18H,14-17H2,1-4H3,(H,26,30). The van der Waals surface area contributed by atoms with Gasteiger partial charge < -0.3 is 10.2 Å². The molecule has 0 bridgehead atoms. The van der Waals surface area contributed by atoms with Crippen molar-refractivity contribution in [3.63, 3.8) is 0 Å². The molecule has 2 aromatic rings. The Bertz CT molecular complexity index is 1170. The van der Waals surface area contributed by atoms with Crippen molar-refractivity contribution in [2.45, 2.75) is 57.0 Å². The number of fused-ring (bicyclic) bond motifs is 1. The van der Waals surface area contributed by atoms with E-state index in [9.17, 15) is 22.8 Å². The molecule has 0 aromatic heterocycles. The van der Waals surface area contributed by atoms with Crippen LogP contribution in [0.25, 0.3) is 0 Å². The maximum atomic E-state index is 13.2. The quantitative estimate of drug-likeness (QED) is 0.619. The number of carbonyl (C=O) groups excluding carboxylic acids is 3. The van der Waals surface area contributed by atoms with E-state index < -0.39 is 33.4 Å². The number of rotatable bonds is 8. The van der Waals surface area contributed by atoms with Gasteiger partial charge in [0.05, 0.1) is 5.56 Å². The third-order valence-electron chi connectivity index (χ3n) is 5.59. The zero-order valence-corrected chi connectivity index (χ0v) is 20.8. The number of carbonyl (C=O) groups is 3. The normalized spacial score (nSPS) is 15.5. The van der Waals surface area contributed by atoms with Crippen molar-refractivity contribution < 1.29 is 22.8 Å². The summed E-state index contributed by atoms with van der Waals surface area (Å²) < 4.78 is 26.3. The maximum absolute atomic E-state index is 13.2. The minimum absolute atomic E-state index is 0.0497. The van der Waals surface area contributed by atoms with Crippen LogP contribution in [0.4, 0.5) is 0 Å². The zero-order chi connectivity index (χ0) is 25.1. The number of benzene rings is 2. The summed E-state index contributed by atoms with van der Waals surface area (Å²) in [7, 11) is -4.00. The van der Waals surface area contributed by atoms with Crippen LogP contribution in [-0.2, 0) is 26.0 Å². The van der Waals surface area contributed by atoms with Crippen LogP contribution >= 0.6 is 0 Å². The third-order valence-corrected chi connectivity index (χ3v) is 7.43. The van der Waals surface area contributed by atoms with Crippen molar-refractivity contribution >= 4 is 27.7 Å². The smallest absolute Gasteiger partial charge is 0.269 e. The molecule has 0 fully saturated rings. The van der Waals surface area contributed by atoms with Crippen molar-refractivity contribution in [3.8, 4) is 0 Å². The third kappa shape index (κ3) is 5.64. The van der Waals surface area contributed by atoms with E-state index in [1.165, 1.54) is 17.0 Å². The van der Waals surface area contributed by atoms with Crippen LogP contribution in [0, 0.1) is 0 Å². The Morgan fingerprint density at radius 3 is 2.26 bits per heavy atom. The molecule has 1 atom stereocenters. The van der Waals surface area contributed by atoms with Crippen LogP contribution in [0.5, 0.6) is 0 Å². The molecule has 2 aromatic carbocycles. The molecule has 3 rings (SSSR count). The van der Waals surface area contributed by atoms with Gasteiger partial charge in [0.1, 0.15) is 10.9 Å². The van der Waals surface area contributed by atoms with Gasteiger partial charge in [-0.05, 0) is 51.8 Å². The summed E-state index contributed by atoms with van der Waals surface area (Å²) in [5.41, 5.74) is 0.645. The maximum Gasteiger partial charge on any atom is 0.269 e. The topological polar surface area (TPSA) is 104 Å². The average molecular weight is 486 g/mol. The molecule has 182 valence electrons. The SMILES string of the molecule is CC(C(=O)NC(C)(C)C)N(CCc1ccccc1)C(=O)CCN1C(=O)c2ccccc2S1(=O)=O. The van der Waals surface area contributed by atoms with Crippen molar-refractivity contribution in [1.29, 1.82) is 0 Å². The predicted molar refractivity (Wildman–Crippen MR) is 128 cm³/mol. The highest BCUT2D eigenvalue weighted by molar-refractivity contribution is 7.90. The van der Waals surface area contributed by atoms with Crippen LogP contribution in [-0.4, -0.2) is 60.0 Å². The number of amides is 3. The fraction of sp³-hybridized carbons (Fsp3) is 0.400. The van der Waals surface area contributed by atoms with E-state index in [0.29, 0.717) is 6.42 Å². The van der Waals surface area contributed by atoms with Crippen molar-refractivity contribution in [2.24, 2.45) is 0 Å². The molecular weight excluding hydrogens is 454 g/mol. The van der Waals surface area contributed by atoms with Crippen molar-refractivity contribution in [3.05, 3.63) is 65.7 Å². The van der Waals surface area contributed by atoms with E-state index in [4.69, 9.17) is 0 Å². The van der Waals surface area contributed by atoms with Crippen molar-refractivity contribution in [1.82, 2.24) is 14.5 Å². The fourth-order valence-corrected chi connectivity index (χ4v) is 5.41. The molecule has 0 spiro atoms. The lowest BCUT2D eigenvalue weighted by molar-refractivity contribution is -0.140. The Hall–Kier alpha value is -3.20. The summed E-state index contributed by atoms with van der Waals surface area (Å²) in [5, 5.41) is 2.89. The first-order valence-corrected chi connectivity index (χ1v) is 12.7. The highest BCUT2D eigenvalue weighted by atomic mass is 32.2. The molecule has 34 heavy (non-hydrogen) atoms. The Labute approximate surface area is 201 Å². The van der Waals surface area contributed by atoms with E-state index in [1.54, 1.807) is 19.1 Å². The summed E-state index contributed by atoms with van der Waals surface area (Å²) in [6.45, 7) is 7.21. The van der Waals surface area contributed by atoms with Gasteiger partial charge in [-0.3, -0.25) is 14.4 Å². The summed E-state index contributed by atoms with van der Waals surface area (Å²) in [6, 6.07) is 14.8. The number of nitrogens with zero attached hydrogens (tertiary/aromatic N) is 2. The lowest BCUT2D eigenvalue weighted by Crippen LogP contribution is -2.53. The van der Waals surface area contributed by atoms with Gasteiger partial charge >= 0.3 is 0 Å². The molecule has 0 radical (unpaired) electrons. The van der Waals surface area contributed by atoms with Gasteiger partial charge in [-0.15, -0.1) is 0 Å². The summed E-state index contributed by atoms with van der Waals surface area (Å²) in [5.74, 6) is -1.34. The first-order chi connectivity index (χ1) is 15.9. The van der Waals surface area contributed by atoms with Gasteiger partial charge in [-0.25, -0.2) is 12.7 Å². The monoisotopic (exact) mass is 485 g/mol. The first-order valence-electron chi connectivity index (χ1n) is 11.2. The average Bonchev–Trinajstić information content (AvgIpc) is 2.97. The second-order valence-electron chi connectivity index (χ2n) is 9.37. The van der Waals surface area contributed by atoms with Crippen LogP contribution in [0.3, 0.4) is 0 Å². The molecule has 8 nitrogen and oxygen atoms in total. The lowest BCUT2D eigenvalue weighted by Gasteiger charge is -2.32. The molecular formula is C25H31N3O5S. The van der Waals surface area contributed by atoms with Crippen LogP contribution in [0.15, 0.2) is 59.5 Å². The number of sulfonamides is 1. The van der Waals surface area contributed by atoms with Gasteiger partial charge in [0.15, 0.2) is 0 Å². The fourth-order valence-electron chi connectivity index (χ4n) is 3.84. The molecule has 0 saturated heterocycles. The Morgan fingerprint density at radius 2 is 1.65 bits per heavy atom. The van der Waals surface area contributed by atoms with Gasteiger partial charge in [0.2, 0.25) is 11.8 Å². The van der Waals surface area contributed by atoms with E-state index in [-0.39, 0.29) is 35.9 Å².